The predicted octanol–water partition coefficient (Wildman–Crippen LogP) is -1.82. The molecule has 1 aromatic carbocycles. The molecule has 0 aliphatic carbocycles. The SMILES string of the molecule is NC1(Cc2cccc(O)c2)N=CN=C2C1=NCN2[C@@H]1O[C@H](CO)[C@@H](O)[C@H]1O. The molecule has 27 heavy (non-hydrogen) atoms. The van der Waals surface area contributed by atoms with Crippen molar-refractivity contribution >= 4 is 17.9 Å². The van der Waals surface area contributed by atoms with Crippen LogP contribution in [-0.2, 0) is 11.2 Å². The Morgan fingerprint density at radius 2 is 2.11 bits per heavy atom. The number of phenols is 1. The molecule has 3 heterocycles. The van der Waals surface area contributed by atoms with Gasteiger partial charge in [-0.25, -0.2) is 9.98 Å². The molecular weight excluding hydrogens is 354 g/mol. The van der Waals surface area contributed by atoms with E-state index in [1.807, 2.05) is 6.07 Å². The van der Waals surface area contributed by atoms with Crippen molar-refractivity contribution in [3.63, 3.8) is 0 Å². The highest BCUT2D eigenvalue weighted by Crippen LogP contribution is 2.30. The molecule has 1 unspecified atom stereocenters. The summed E-state index contributed by atoms with van der Waals surface area (Å²) in [5, 5.41) is 39.2. The first-order valence-electron chi connectivity index (χ1n) is 8.55. The molecule has 4 rings (SSSR count). The summed E-state index contributed by atoms with van der Waals surface area (Å²) >= 11 is 0. The molecule has 5 atom stereocenters. The monoisotopic (exact) mass is 375 g/mol. The first kappa shape index (κ1) is 18.0. The number of benzene rings is 1. The third-order valence-corrected chi connectivity index (χ3v) is 4.95. The number of aliphatic hydroxyl groups is 3. The summed E-state index contributed by atoms with van der Waals surface area (Å²) in [5.41, 5.74) is 6.53. The van der Waals surface area contributed by atoms with Crippen molar-refractivity contribution in [2.45, 2.75) is 36.6 Å². The molecule has 1 aromatic rings. The Hall–Kier alpha value is -2.37. The zero-order valence-corrected chi connectivity index (χ0v) is 14.4. The van der Waals surface area contributed by atoms with E-state index in [9.17, 15) is 20.4 Å². The lowest BCUT2D eigenvalue weighted by Crippen LogP contribution is -2.56. The van der Waals surface area contributed by atoms with Crippen LogP contribution in [0.5, 0.6) is 5.75 Å². The van der Waals surface area contributed by atoms with E-state index < -0.39 is 36.8 Å². The van der Waals surface area contributed by atoms with E-state index in [1.54, 1.807) is 23.1 Å². The van der Waals surface area contributed by atoms with Gasteiger partial charge in [-0.1, -0.05) is 12.1 Å². The van der Waals surface area contributed by atoms with E-state index in [-0.39, 0.29) is 12.4 Å². The molecule has 3 aliphatic heterocycles. The Morgan fingerprint density at radius 3 is 2.81 bits per heavy atom. The Balaban J connectivity index is 1.57. The average molecular weight is 375 g/mol. The molecule has 0 bridgehead atoms. The Kier molecular flexibility index (Phi) is 4.44. The fraction of sp³-hybridized carbons (Fsp3) is 0.471. The number of amidine groups is 1. The minimum Gasteiger partial charge on any atom is -0.508 e. The molecule has 3 aliphatic rings. The van der Waals surface area contributed by atoms with Crippen LogP contribution in [0.25, 0.3) is 0 Å². The first-order chi connectivity index (χ1) is 12.9. The lowest BCUT2D eigenvalue weighted by molar-refractivity contribution is -0.0688. The van der Waals surface area contributed by atoms with Gasteiger partial charge in [-0.05, 0) is 17.7 Å². The first-order valence-corrected chi connectivity index (χ1v) is 8.55. The van der Waals surface area contributed by atoms with Crippen molar-refractivity contribution in [1.29, 1.82) is 0 Å². The second kappa shape index (κ2) is 6.66. The van der Waals surface area contributed by atoms with Crippen molar-refractivity contribution in [1.82, 2.24) is 4.90 Å². The standard InChI is InChI=1S/C17H21N5O5/c18-17(5-9-2-1-3-10(24)4-9)14-15(19-7-21-17)22(8-20-14)16-13(26)12(25)11(6-23)27-16/h1-4,7,11-13,16,23-26H,5-6,8,18H2/t11-,12-,13-,16-,17?/m1/s1. The van der Waals surface area contributed by atoms with Crippen molar-refractivity contribution in [2.24, 2.45) is 20.7 Å². The van der Waals surface area contributed by atoms with Gasteiger partial charge in [0.25, 0.3) is 0 Å². The third kappa shape index (κ3) is 3.01. The number of fused-ring (bicyclic) bond motifs is 1. The second-order valence-corrected chi connectivity index (χ2v) is 6.81. The van der Waals surface area contributed by atoms with Crippen LogP contribution in [0, 0.1) is 0 Å². The topological polar surface area (TPSA) is 156 Å². The van der Waals surface area contributed by atoms with Crippen LogP contribution in [0.3, 0.4) is 0 Å². The molecule has 0 amide bonds. The summed E-state index contributed by atoms with van der Waals surface area (Å²) in [4.78, 5) is 14.6. The lowest BCUT2D eigenvalue weighted by atomic mass is 9.94. The Morgan fingerprint density at radius 1 is 1.30 bits per heavy atom. The molecular formula is C17H21N5O5. The fourth-order valence-electron chi connectivity index (χ4n) is 3.58. The maximum absolute atomic E-state index is 10.3. The quantitative estimate of drug-likeness (QED) is 0.415. The summed E-state index contributed by atoms with van der Waals surface area (Å²) in [6, 6.07) is 6.72. The van der Waals surface area contributed by atoms with Gasteiger partial charge in [0.15, 0.2) is 17.7 Å². The highest BCUT2D eigenvalue weighted by Gasteiger charge is 2.50. The van der Waals surface area contributed by atoms with Crippen LogP contribution >= 0.6 is 0 Å². The lowest BCUT2D eigenvalue weighted by Gasteiger charge is -2.32. The number of hydrogen-bond donors (Lipinski definition) is 5. The number of ether oxygens (including phenoxy) is 1. The maximum Gasteiger partial charge on any atom is 0.162 e. The number of aliphatic imine (C=N–C) groups is 3. The van der Waals surface area contributed by atoms with E-state index >= 15 is 0 Å². The molecule has 10 nitrogen and oxygen atoms in total. The van der Waals surface area contributed by atoms with Crippen LogP contribution in [0.15, 0.2) is 39.2 Å². The van der Waals surface area contributed by atoms with Crippen LogP contribution < -0.4 is 5.73 Å². The molecule has 0 aromatic heterocycles. The molecule has 0 radical (unpaired) electrons. The second-order valence-electron chi connectivity index (χ2n) is 6.81. The fourth-order valence-corrected chi connectivity index (χ4v) is 3.58. The van der Waals surface area contributed by atoms with Crippen molar-refractivity contribution in [3.05, 3.63) is 29.8 Å². The van der Waals surface area contributed by atoms with Gasteiger partial charge >= 0.3 is 0 Å². The number of hydrogen-bond acceptors (Lipinski definition) is 10. The van der Waals surface area contributed by atoms with Gasteiger partial charge in [0.05, 0.1) is 6.61 Å². The Labute approximate surface area is 155 Å². The van der Waals surface area contributed by atoms with E-state index in [0.717, 1.165) is 5.56 Å². The highest BCUT2D eigenvalue weighted by molar-refractivity contribution is 6.47. The van der Waals surface area contributed by atoms with Crippen LogP contribution in [0.1, 0.15) is 5.56 Å². The molecule has 6 N–H and O–H groups in total. The van der Waals surface area contributed by atoms with Gasteiger partial charge in [0.2, 0.25) is 0 Å². The van der Waals surface area contributed by atoms with Gasteiger partial charge in [0.1, 0.15) is 42.8 Å². The number of nitrogens with two attached hydrogens (primary N) is 1. The summed E-state index contributed by atoms with van der Waals surface area (Å²) in [7, 11) is 0. The van der Waals surface area contributed by atoms with Gasteiger partial charge in [-0.2, -0.15) is 0 Å². The zero-order chi connectivity index (χ0) is 19.2. The van der Waals surface area contributed by atoms with Crippen LogP contribution in [-0.4, -0.2) is 86.7 Å². The number of aromatic hydroxyl groups is 1. The van der Waals surface area contributed by atoms with Gasteiger partial charge in [-0.3, -0.25) is 4.99 Å². The van der Waals surface area contributed by atoms with Gasteiger partial charge in [-0.15, -0.1) is 0 Å². The van der Waals surface area contributed by atoms with E-state index in [2.05, 4.69) is 15.0 Å². The molecule has 10 heteroatoms. The summed E-state index contributed by atoms with van der Waals surface area (Å²) in [6.07, 6.45) is -2.61. The molecule has 0 saturated carbocycles. The Bertz CT molecular complexity index is 828. The third-order valence-electron chi connectivity index (χ3n) is 4.95. The van der Waals surface area contributed by atoms with Gasteiger partial charge in [0, 0.05) is 6.42 Å². The highest BCUT2D eigenvalue weighted by atomic mass is 16.6. The van der Waals surface area contributed by atoms with Crippen molar-refractivity contribution in [2.75, 3.05) is 13.3 Å². The summed E-state index contributed by atoms with van der Waals surface area (Å²) in [5.74, 6) is 0.536. The normalized spacial score (nSPS) is 35.2. The molecule has 1 saturated heterocycles. The van der Waals surface area contributed by atoms with Crippen molar-refractivity contribution in [3.8, 4) is 5.75 Å². The zero-order valence-electron chi connectivity index (χ0n) is 14.4. The number of phenolic OH excluding ortho intramolecular Hbond substituents is 1. The van der Waals surface area contributed by atoms with E-state index in [4.69, 9.17) is 10.5 Å². The molecule has 144 valence electrons. The average Bonchev–Trinajstić information content (AvgIpc) is 3.18. The maximum atomic E-state index is 10.3. The number of nitrogens with zero attached hydrogens (tertiary/aromatic N) is 4. The minimum absolute atomic E-state index is 0.128. The predicted molar refractivity (Wildman–Crippen MR) is 96.6 cm³/mol. The minimum atomic E-state index is -1.23. The summed E-state index contributed by atoms with van der Waals surface area (Å²) < 4.78 is 5.57. The van der Waals surface area contributed by atoms with Gasteiger partial charge < -0.3 is 35.8 Å². The molecule has 0 spiro atoms. The number of rotatable bonds is 4. The van der Waals surface area contributed by atoms with E-state index in [1.165, 1.54) is 6.34 Å². The summed E-state index contributed by atoms with van der Waals surface area (Å²) in [6.45, 7) is -0.286. The van der Waals surface area contributed by atoms with E-state index in [0.29, 0.717) is 18.0 Å². The van der Waals surface area contributed by atoms with Crippen molar-refractivity contribution < 1.29 is 25.2 Å². The number of aliphatic hydroxyl groups excluding tert-OH is 3. The largest absolute Gasteiger partial charge is 0.508 e. The smallest absolute Gasteiger partial charge is 0.162 e. The van der Waals surface area contributed by atoms with Crippen LogP contribution in [0.4, 0.5) is 0 Å². The molecule has 1 fully saturated rings. The van der Waals surface area contributed by atoms with Crippen LogP contribution in [0.2, 0.25) is 0 Å².